The molecule has 0 bridgehead atoms. The first-order valence-corrected chi connectivity index (χ1v) is 6.17. The van der Waals surface area contributed by atoms with Crippen molar-refractivity contribution in [1.82, 2.24) is 9.97 Å². The Bertz CT molecular complexity index is 671. The molecule has 3 rings (SSSR count). The summed E-state index contributed by atoms with van der Waals surface area (Å²) in [6.45, 7) is 0. The van der Waals surface area contributed by atoms with E-state index in [0.717, 1.165) is 24.1 Å². The normalized spacial score (nSPS) is 13.4. The SMILES string of the molecule is O=c1[nH]c(-c2ccc(Cl)cc2)nc2c1C=CCC2. The highest BCUT2D eigenvalue weighted by Crippen LogP contribution is 2.20. The van der Waals surface area contributed by atoms with Gasteiger partial charge in [0.1, 0.15) is 5.82 Å². The molecule has 2 aromatic rings. The number of H-pyrrole nitrogens is 1. The third-order valence-corrected chi connectivity index (χ3v) is 3.24. The van der Waals surface area contributed by atoms with E-state index < -0.39 is 0 Å². The van der Waals surface area contributed by atoms with E-state index in [0.29, 0.717) is 16.4 Å². The van der Waals surface area contributed by atoms with Crippen LogP contribution in [0.4, 0.5) is 0 Å². The van der Waals surface area contributed by atoms with Crippen LogP contribution < -0.4 is 5.56 Å². The molecule has 0 spiro atoms. The average molecular weight is 259 g/mol. The van der Waals surface area contributed by atoms with Gasteiger partial charge in [0.15, 0.2) is 0 Å². The number of hydrogen-bond acceptors (Lipinski definition) is 2. The molecule has 0 saturated heterocycles. The first kappa shape index (κ1) is 11.2. The second kappa shape index (κ2) is 4.42. The number of allylic oxidation sites excluding steroid dienone is 1. The van der Waals surface area contributed by atoms with E-state index in [9.17, 15) is 4.79 Å². The lowest BCUT2D eigenvalue weighted by Gasteiger charge is -2.10. The van der Waals surface area contributed by atoms with E-state index in [1.807, 2.05) is 24.3 Å². The van der Waals surface area contributed by atoms with Gasteiger partial charge in [-0.25, -0.2) is 4.98 Å². The molecule has 18 heavy (non-hydrogen) atoms. The molecule has 0 unspecified atom stereocenters. The molecule has 0 atom stereocenters. The Morgan fingerprint density at radius 2 is 2.00 bits per heavy atom. The van der Waals surface area contributed by atoms with Gasteiger partial charge in [-0.05, 0) is 37.1 Å². The van der Waals surface area contributed by atoms with E-state index in [4.69, 9.17) is 11.6 Å². The Kier molecular flexibility index (Phi) is 2.76. The molecular weight excluding hydrogens is 248 g/mol. The number of nitrogens with one attached hydrogen (secondary N) is 1. The smallest absolute Gasteiger partial charge is 0.258 e. The van der Waals surface area contributed by atoms with Crippen molar-refractivity contribution in [2.45, 2.75) is 12.8 Å². The van der Waals surface area contributed by atoms with Crippen LogP contribution >= 0.6 is 11.6 Å². The zero-order valence-corrected chi connectivity index (χ0v) is 10.4. The van der Waals surface area contributed by atoms with Crippen molar-refractivity contribution < 1.29 is 0 Å². The minimum atomic E-state index is -0.0825. The lowest BCUT2D eigenvalue weighted by atomic mass is 10.0. The van der Waals surface area contributed by atoms with Gasteiger partial charge in [0.05, 0.1) is 11.3 Å². The molecule has 4 heteroatoms. The van der Waals surface area contributed by atoms with E-state index in [-0.39, 0.29) is 5.56 Å². The Morgan fingerprint density at radius 1 is 1.22 bits per heavy atom. The third-order valence-electron chi connectivity index (χ3n) is 2.98. The standard InChI is InChI=1S/C14H11ClN2O/c15-10-7-5-9(6-8-10)13-16-12-4-2-1-3-11(12)14(18)17-13/h1,3,5-8H,2,4H2,(H,16,17,18). The summed E-state index contributed by atoms with van der Waals surface area (Å²) in [5.41, 5.74) is 2.33. The van der Waals surface area contributed by atoms with Crippen LogP contribution in [-0.2, 0) is 6.42 Å². The second-order valence-electron chi connectivity index (χ2n) is 4.22. The quantitative estimate of drug-likeness (QED) is 0.855. The summed E-state index contributed by atoms with van der Waals surface area (Å²) in [6.07, 6.45) is 5.59. The maximum absolute atomic E-state index is 12.0. The summed E-state index contributed by atoms with van der Waals surface area (Å²) < 4.78 is 0. The first-order valence-electron chi connectivity index (χ1n) is 5.80. The summed E-state index contributed by atoms with van der Waals surface area (Å²) in [7, 11) is 0. The van der Waals surface area contributed by atoms with Gasteiger partial charge < -0.3 is 4.98 Å². The van der Waals surface area contributed by atoms with Crippen LogP contribution in [0.25, 0.3) is 17.5 Å². The molecule has 0 aliphatic heterocycles. The number of aromatic nitrogens is 2. The molecule has 0 amide bonds. The molecule has 3 nitrogen and oxygen atoms in total. The number of halogens is 1. The summed E-state index contributed by atoms with van der Waals surface area (Å²) in [5.74, 6) is 0.603. The summed E-state index contributed by atoms with van der Waals surface area (Å²) in [4.78, 5) is 19.3. The van der Waals surface area contributed by atoms with Crippen LogP contribution in [0.1, 0.15) is 17.7 Å². The average Bonchev–Trinajstić information content (AvgIpc) is 2.39. The summed E-state index contributed by atoms with van der Waals surface area (Å²) in [5, 5.41) is 0.669. The van der Waals surface area contributed by atoms with Crippen molar-refractivity contribution in [3.05, 3.63) is 57.0 Å². The molecule has 90 valence electrons. The molecular formula is C14H11ClN2O. The topological polar surface area (TPSA) is 45.8 Å². The van der Waals surface area contributed by atoms with Gasteiger partial charge in [-0.2, -0.15) is 0 Å². The highest BCUT2D eigenvalue weighted by Gasteiger charge is 2.12. The highest BCUT2D eigenvalue weighted by atomic mass is 35.5. The Balaban J connectivity index is 2.14. The van der Waals surface area contributed by atoms with Gasteiger partial charge in [-0.1, -0.05) is 23.8 Å². The zero-order chi connectivity index (χ0) is 12.5. The summed E-state index contributed by atoms with van der Waals surface area (Å²) in [6, 6.07) is 7.28. The van der Waals surface area contributed by atoms with Crippen LogP contribution in [0, 0.1) is 0 Å². The van der Waals surface area contributed by atoms with Crippen LogP contribution in [-0.4, -0.2) is 9.97 Å². The molecule has 1 N–H and O–H groups in total. The van der Waals surface area contributed by atoms with Gasteiger partial charge in [0.2, 0.25) is 0 Å². The third kappa shape index (κ3) is 1.97. The van der Waals surface area contributed by atoms with E-state index in [2.05, 4.69) is 9.97 Å². The number of aryl methyl sites for hydroxylation is 1. The second-order valence-corrected chi connectivity index (χ2v) is 4.66. The van der Waals surface area contributed by atoms with Crippen molar-refractivity contribution >= 4 is 17.7 Å². The van der Waals surface area contributed by atoms with Gasteiger partial charge in [-0.15, -0.1) is 0 Å². The van der Waals surface area contributed by atoms with E-state index >= 15 is 0 Å². The van der Waals surface area contributed by atoms with E-state index in [1.165, 1.54) is 0 Å². The highest BCUT2D eigenvalue weighted by molar-refractivity contribution is 6.30. The summed E-state index contributed by atoms with van der Waals surface area (Å²) >= 11 is 5.84. The fraction of sp³-hybridized carbons (Fsp3) is 0.143. The monoisotopic (exact) mass is 258 g/mol. The minimum Gasteiger partial charge on any atom is -0.306 e. The number of fused-ring (bicyclic) bond motifs is 1. The fourth-order valence-corrected chi connectivity index (χ4v) is 2.18. The van der Waals surface area contributed by atoms with Crippen LogP contribution in [0.3, 0.4) is 0 Å². The first-order chi connectivity index (χ1) is 8.74. The van der Waals surface area contributed by atoms with Crippen molar-refractivity contribution in [1.29, 1.82) is 0 Å². The number of aromatic amines is 1. The fourth-order valence-electron chi connectivity index (χ4n) is 2.06. The number of nitrogens with zero attached hydrogens (tertiary/aromatic N) is 1. The van der Waals surface area contributed by atoms with Gasteiger partial charge in [-0.3, -0.25) is 4.79 Å². The number of hydrogen-bond donors (Lipinski definition) is 1. The lowest BCUT2D eigenvalue weighted by Crippen LogP contribution is -2.17. The molecule has 0 radical (unpaired) electrons. The number of rotatable bonds is 1. The maximum atomic E-state index is 12.0. The van der Waals surface area contributed by atoms with Crippen molar-refractivity contribution in [2.75, 3.05) is 0 Å². The van der Waals surface area contributed by atoms with E-state index in [1.54, 1.807) is 12.1 Å². The maximum Gasteiger partial charge on any atom is 0.258 e. The molecule has 1 aromatic carbocycles. The zero-order valence-electron chi connectivity index (χ0n) is 9.61. The van der Waals surface area contributed by atoms with Gasteiger partial charge in [0.25, 0.3) is 5.56 Å². The number of benzene rings is 1. The molecule has 0 fully saturated rings. The minimum absolute atomic E-state index is 0.0825. The van der Waals surface area contributed by atoms with Crippen molar-refractivity contribution in [3.63, 3.8) is 0 Å². The molecule has 1 aliphatic rings. The van der Waals surface area contributed by atoms with Crippen molar-refractivity contribution in [2.24, 2.45) is 0 Å². The van der Waals surface area contributed by atoms with Crippen molar-refractivity contribution in [3.8, 4) is 11.4 Å². The van der Waals surface area contributed by atoms with Crippen LogP contribution in [0.2, 0.25) is 5.02 Å². The predicted octanol–water partition coefficient (Wildman–Crippen LogP) is 3.05. The Labute approximate surface area is 109 Å². The molecule has 1 aliphatic carbocycles. The van der Waals surface area contributed by atoms with Gasteiger partial charge in [0, 0.05) is 10.6 Å². The molecule has 1 heterocycles. The molecule has 1 aromatic heterocycles. The Morgan fingerprint density at radius 3 is 2.78 bits per heavy atom. The van der Waals surface area contributed by atoms with Crippen LogP contribution in [0.5, 0.6) is 0 Å². The largest absolute Gasteiger partial charge is 0.306 e. The Hall–Kier alpha value is -1.87. The van der Waals surface area contributed by atoms with Gasteiger partial charge >= 0.3 is 0 Å². The molecule has 0 saturated carbocycles. The predicted molar refractivity (Wildman–Crippen MR) is 72.7 cm³/mol. The lowest BCUT2D eigenvalue weighted by molar-refractivity contribution is 0.902. The van der Waals surface area contributed by atoms with Crippen LogP contribution in [0.15, 0.2) is 35.1 Å².